The lowest BCUT2D eigenvalue weighted by molar-refractivity contribution is -0.116. The highest BCUT2D eigenvalue weighted by Gasteiger charge is 2.14. The number of anilines is 2. The minimum absolute atomic E-state index is 0.0359. The van der Waals surface area contributed by atoms with E-state index >= 15 is 0 Å². The third-order valence-corrected chi connectivity index (χ3v) is 4.48. The number of halogens is 1. The fourth-order valence-electron chi connectivity index (χ4n) is 2.83. The van der Waals surface area contributed by atoms with Gasteiger partial charge in [0.1, 0.15) is 23.1 Å². The molecule has 1 aromatic heterocycles. The van der Waals surface area contributed by atoms with Crippen molar-refractivity contribution in [1.82, 2.24) is 0 Å². The lowest BCUT2D eigenvalue weighted by Gasteiger charge is -2.10. The Balaban J connectivity index is 1.48. The predicted octanol–water partition coefficient (Wildman–Crippen LogP) is 4.79. The summed E-state index contributed by atoms with van der Waals surface area (Å²) in [6.45, 7) is 2.01. The van der Waals surface area contributed by atoms with Crippen molar-refractivity contribution < 1.29 is 27.9 Å². The zero-order valence-corrected chi connectivity index (χ0v) is 17.2. The van der Waals surface area contributed by atoms with Gasteiger partial charge in [0, 0.05) is 12.1 Å². The molecule has 1 heterocycles. The summed E-state index contributed by atoms with van der Waals surface area (Å²) in [5.41, 5.74) is 0.652. The highest BCUT2D eigenvalue weighted by molar-refractivity contribution is 6.05. The van der Waals surface area contributed by atoms with Crippen molar-refractivity contribution in [2.75, 3.05) is 24.4 Å². The zero-order valence-electron chi connectivity index (χ0n) is 17.2. The molecule has 31 heavy (non-hydrogen) atoms. The van der Waals surface area contributed by atoms with Gasteiger partial charge in [0.05, 0.1) is 31.2 Å². The molecule has 0 atom stereocenters. The van der Waals surface area contributed by atoms with Crippen LogP contribution in [0.15, 0.2) is 59.2 Å². The molecule has 2 N–H and O–H groups in total. The first-order valence-electron chi connectivity index (χ1n) is 9.68. The summed E-state index contributed by atoms with van der Waals surface area (Å²) >= 11 is 0. The molecule has 0 saturated heterocycles. The summed E-state index contributed by atoms with van der Waals surface area (Å²) in [6.07, 6.45) is 2.11. The molecule has 0 saturated carbocycles. The molecule has 0 aliphatic heterocycles. The van der Waals surface area contributed by atoms with Gasteiger partial charge >= 0.3 is 0 Å². The fraction of sp³-hybridized carbons (Fsp3) is 0.217. The molecule has 7 nitrogen and oxygen atoms in total. The van der Waals surface area contributed by atoms with Crippen molar-refractivity contribution in [3.8, 4) is 11.5 Å². The highest BCUT2D eigenvalue weighted by atomic mass is 19.1. The third kappa shape index (κ3) is 6.08. The Morgan fingerprint density at radius 2 is 1.77 bits per heavy atom. The first kappa shape index (κ1) is 21.9. The van der Waals surface area contributed by atoms with Gasteiger partial charge in [-0.15, -0.1) is 0 Å². The van der Waals surface area contributed by atoms with Crippen LogP contribution in [0.3, 0.4) is 0 Å². The Labute approximate surface area is 179 Å². The van der Waals surface area contributed by atoms with Crippen LogP contribution in [0, 0.1) is 12.7 Å². The lowest BCUT2D eigenvalue weighted by atomic mass is 10.2. The SMILES string of the molecule is COc1ccc(OCCCC(=O)Nc2ccc(F)c(NC(=O)c3ccoc3C)c2)cc1. The van der Waals surface area contributed by atoms with E-state index in [2.05, 4.69) is 10.6 Å². The fourth-order valence-corrected chi connectivity index (χ4v) is 2.83. The van der Waals surface area contributed by atoms with E-state index in [1.807, 2.05) is 0 Å². The van der Waals surface area contributed by atoms with Gasteiger partial charge in [0.15, 0.2) is 0 Å². The lowest BCUT2D eigenvalue weighted by Crippen LogP contribution is -2.15. The maximum atomic E-state index is 14.1. The summed E-state index contributed by atoms with van der Waals surface area (Å²) in [5.74, 6) is 0.506. The number of aryl methyl sites for hydroxylation is 1. The number of amides is 2. The second-order valence-electron chi connectivity index (χ2n) is 6.71. The van der Waals surface area contributed by atoms with E-state index in [1.165, 1.54) is 30.5 Å². The Hall–Kier alpha value is -3.81. The molecule has 3 aromatic rings. The van der Waals surface area contributed by atoms with E-state index in [1.54, 1.807) is 38.3 Å². The molecule has 0 radical (unpaired) electrons. The van der Waals surface area contributed by atoms with Gasteiger partial charge in [0.2, 0.25) is 5.91 Å². The minimum atomic E-state index is -0.611. The molecule has 162 valence electrons. The maximum Gasteiger partial charge on any atom is 0.259 e. The Kier molecular flexibility index (Phi) is 7.26. The largest absolute Gasteiger partial charge is 0.497 e. The number of benzene rings is 2. The molecule has 2 aromatic carbocycles. The van der Waals surface area contributed by atoms with Crippen LogP contribution in [0.5, 0.6) is 11.5 Å². The number of ether oxygens (including phenoxy) is 2. The Morgan fingerprint density at radius 3 is 2.45 bits per heavy atom. The molecule has 0 aliphatic carbocycles. The first-order valence-corrected chi connectivity index (χ1v) is 9.68. The van der Waals surface area contributed by atoms with Gasteiger partial charge < -0.3 is 24.5 Å². The Bertz CT molecular complexity index is 1050. The van der Waals surface area contributed by atoms with Crippen molar-refractivity contribution in [3.05, 3.63) is 71.9 Å². The first-order chi connectivity index (χ1) is 15.0. The molecule has 0 fully saturated rings. The van der Waals surface area contributed by atoms with Crippen molar-refractivity contribution in [3.63, 3.8) is 0 Å². The van der Waals surface area contributed by atoms with Gasteiger partial charge in [-0.05, 0) is 61.9 Å². The monoisotopic (exact) mass is 426 g/mol. The van der Waals surface area contributed by atoms with Crippen LogP contribution in [0.2, 0.25) is 0 Å². The van der Waals surface area contributed by atoms with Crippen LogP contribution >= 0.6 is 0 Å². The molecular weight excluding hydrogens is 403 g/mol. The van der Waals surface area contributed by atoms with Gasteiger partial charge in [-0.3, -0.25) is 9.59 Å². The summed E-state index contributed by atoms with van der Waals surface area (Å²) in [5, 5.41) is 5.19. The number of hydrogen-bond donors (Lipinski definition) is 2. The molecule has 8 heteroatoms. The van der Waals surface area contributed by atoms with E-state index in [9.17, 15) is 14.0 Å². The normalized spacial score (nSPS) is 10.4. The minimum Gasteiger partial charge on any atom is -0.497 e. The second kappa shape index (κ2) is 10.3. The number of nitrogens with one attached hydrogen (secondary N) is 2. The van der Waals surface area contributed by atoms with Crippen molar-refractivity contribution >= 4 is 23.2 Å². The molecule has 3 rings (SSSR count). The van der Waals surface area contributed by atoms with E-state index in [4.69, 9.17) is 13.9 Å². The zero-order chi connectivity index (χ0) is 22.2. The van der Waals surface area contributed by atoms with Crippen LogP contribution in [0.1, 0.15) is 29.0 Å². The number of methoxy groups -OCH3 is 1. The van der Waals surface area contributed by atoms with Crippen LogP contribution in [-0.4, -0.2) is 25.5 Å². The Morgan fingerprint density at radius 1 is 1.03 bits per heavy atom. The predicted molar refractivity (Wildman–Crippen MR) is 114 cm³/mol. The summed E-state index contributed by atoms with van der Waals surface area (Å²) in [6, 6.07) is 12.6. The molecule has 0 spiro atoms. The quantitative estimate of drug-likeness (QED) is 0.481. The molecular formula is C23H23FN2O5. The number of furan rings is 1. The average Bonchev–Trinajstić information content (AvgIpc) is 3.20. The standard InChI is InChI=1S/C23H23FN2O5/c1-15-19(11-13-30-15)23(28)26-21-14-16(5-10-20(21)24)25-22(27)4-3-12-31-18-8-6-17(29-2)7-9-18/h5-11,13-14H,3-4,12H2,1-2H3,(H,25,27)(H,26,28). The number of carbonyl (C=O) groups excluding carboxylic acids is 2. The van der Waals surface area contributed by atoms with Crippen molar-refractivity contribution in [1.29, 1.82) is 0 Å². The van der Waals surface area contributed by atoms with Gasteiger partial charge in [-0.2, -0.15) is 0 Å². The number of carbonyl (C=O) groups is 2. The number of rotatable bonds is 9. The molecule has 2 amide bonds. The van der Waals surface area contributed by atoms with E-state index in [0.29, 0.717) is 35.8 Å². The smallest absolute Gasteiger partial charge is 0.259 e. The van der Waals surface area contributed by atoms with E-state index < -0.39 is 11.7 Å². The summed E-state index contributed by atoms with van der Waals surface area (Å²) < 4.78 is 29.9. The molecule has 0 unspecified atom stereocenters. The number of hydrogen-bond acceptors (Lipinski definition) is 5. The van der Waals surface area contributed by atoms with Crippen LogP contribution in [0.4, 0.5) is 15.8 Å². The van der Waals surface area contributed by atoms with Gasteiger partial charge in [-0.25, -0.2) is 4.39 Å². The van der Waals surface area contributed by atoms with Crippen molar-refractivity contribution in [2.24, 2.45) is 0 Å². The third-order valence-electron chi connectivity index (χ3n) is 4.48. The molecule has 0 bridgehead atoms. The van der Waals surface area contributed by atoms with E-state index in [0.717, 1.165) is 5.75 Å². The second-order valence-corrected chi connectivity index (χ2v) is 6.71. The topological polar surface area (TPSA) is 89.8 Å². The summed E-state index contributed by atoms with van der Waals surface area (Å²) in [4.78, 5) is 24.4. The molecule has 0 aliphatic rings. The van der Waals surface area contributed by atoms with Crippen molar-refractivity contribution in [2.45, 2.75) is 19.8 Å². The van der Waals surface area contributed by atoms with E-state index in [-0.39, 0.29) is 18.0 Å². The average molecular weight is 426 g/mol. The highest BCUT2D eigenvalue weighted by Crippen LogP contribution is 2.22. The van der Waals surface area contributed by atoms with Gasteiger partial charge in [0.25, 0.3) is 5.91 Å². The summed E-state index contributed by atoms with van der Waals surface area (Å²) in [7, 11) is 1.59. The maximum absolute atomic E-state index is 14.1. The van der Waals surface area contributed by atoms with Gasteiger partial charge in [-0.1, -0.05) is 0 Å². The van der Waals surface area contributed by atoms with Crippen LogP contribution in [0.25, 0.3) is 0 Å². The van der Waals surface area contributed by atoms with Crippen LogP contribution in [-0.2, 0) is 4.79 Å². The van der Waals surface area contributed by atoms with Crippen LogP contribution < -0.4 is 20.1 Å².